The van der Waals surface area contributed by atoms with Gasteiger partial charge in [-0.3, -0.25) is 0 Å². The molecule has 0 saturated heterocycles. The van der Waals surface area contributed by atoms with Crippen LogP contribution in [0.15, 0.2) is 15.7 Å². The lowest BCUT2D eigenvalue weighted by Gasteiger charge is -2.02. The van der Waals surface area contributed by atoms with Crippen molar-refractivity contribution in [1.82, 2.24) is 9.97 Å². The van der Waals surface area contributed by atoms with Crippen molar-refractivity contribution in [3.63, 3.8) is 0 Å². The van der Waals surface area contributed by atoms with Gasteiger partial charge in [0.25, 0.3) is 0 Å². The highest BCUT2D eigenvalue weighted by molar-refractivity contribution is 9.10. The molecule has 6 heteroatoms. The first-order valence-corrected chi connectivity index (χ1v) is 5.69. The maximum atomic E-state index is 5.64. The van der Waals surface area contributed by atoms with Gasteiger partial charge in [0, 0.05) is 19.1 Å². The minimum atomic E-state index is 0.267. The summed E-state index contributed by atoms with van der Waals surface area (Å²) in [7, 11) is 1.67. The molecule has 0 N–H and O–H groups in total. The van der Waals surface area contributed by atoms with E-state index < -0.39 is 0 Å². The Morgan fingerprint density at radius 1 is 1.69 bits per heavy atom. The van der Waals surface area contributed by atoms with Crippen LogP contribution >= 0.6 is 39.3 Å². The Morgan fingerprint density at radius 2 is 2.46 bits per heavy atom. The molecule has 0 unspecified atom stereocenters. The standard InChI is InChI=1S/C7H8BrClN2OS/c1-12-2-3-13-6-5(8)4-10-7(9)11-6/h4H,2-3H2,1H3. The molecule has 72 valence electrons. The van der Waals surface area contributed by atoms with Crippen molar-refractivity contribution >= 4 is 39.3 Å². The zero-order valence-corrected chi connectivity index (χ0v) is 10.1. The van der Waals surface area contributed by atoms with Crippen LogP contribution in [-0.2, 0) is 4.74 Å². The molecule has 1 aromatic heterocycles. The van der Waals surface area contributed by atoms with Crippen LogP contribution in [0.5, 0.6) is 0 Å². The Morgan fingerprint density at radius 3 is 3.15 bits per heavy atom. The van der Waals surface area contributed by atoms with Crippen LogP contribution in [0.1, 0.15) is 0 Å². The number of nitrogens with zero attached hydrogens (tertiary/aromatic N) is 2. The van der Waals surface area contributed by atoms with Gasteiger partial charge < -0.3 is 4.74 Å². The molecular formula is C7H8BrClN2OS. The summed E-state index contributed by atoms with van der Waals surface area (Å²) >= 11 is 10.6. The SMILES string of the molecule is COCCSc1nc(Cl)ncc1Br. The summed E-state index contributed by atoms with van der Waals surface area (Å²) in [4.78, 5) is 7.89. The van der Waals surface area contributed by atoms with Crippen LogP contribution in [0.4, 0.5) is 0 Å². The number of thioether (sulfide) groups is 1. The van der Waals surface area contributed by atoms with Crippen molar-refractivity contribution in [1.29, 1.82) is 0 Å². The van der Waals surface area contributed by atoms with Gasteiger partial charge >= 0.3 is 0 Å². The molecule has 1 rings (SSSR count). The van der Waals surface area contributed by atoms with Gasteiger partial charge in [-0.2, -0.15) is 0 Å². The molecule has 13 heavy (non-hydrogen) atoms. The van der Waals surface area contributed by atoms with E-state index in [9.17, 15) is 0 Å². The van der Waals surface area contributed by atoms with E-state index in [-0.39, 0.29) is 5.28 Å². The first-order chi connectivity index (χ1) is 6.24. The molecule has 0 aliphatic carbocycles. The second-order valence-corrected chi connectivity index (χ2v) is 4.41. The van der Waals surface area contributed by atoms with Gasteiger partial charge in [-0.1, -0.05) is 0 Å². The summed E-state index contributed by atoms with van der Waals surface area (Å²) < 4.78 is 5.78. The fourth-order valence-electron chi connectivity index (χ4n) is 0.654. The number of rotatable bonds is 4. The second-order valence-electron chi connectivity index (χ2n) is 2.13. The zero-order valence-electron chi connectivity index (χ0n) is 6.96. The maximum absolute atomic E-state index is 5.64. The normalized spacial score (nSPS) is 10.4. The predicted molar refractivity (Wildman–Crippen MR) is 57.3 cm³/mol. The first kappa shape index (κ1) is 11.2. The molecule has 3 nitrogen and oxygen atoms in total. The molecule has 0 aliphatic rings. The zero-order chi connectivity index (χ0) is 9.68. The Bertz CT molecular complexity index is 287. The van der Waals surface area contributed by atoms with Crippen molar-refractivity contribution < 1.29 is 4.74 Å². The first-order valence-electron chi connectivity index (χ1n) is 3.54. The minimum absolute atomic E-state index is 0.267. The highest BCUT2D eigenvalue weighted by Gasteiger charge is 2.03. The molecule has 0 aromatic carbocycles. The molecule has 1 heterocycles. The molecule has 0 aliphatic heterocycles. The summed E-state index contributed by atoms with van der Waals surface area (Å²) in [5.41, 5.74) is 0. The predicted octanol–water partition coefficient (Wildman–Crippen LogP) is 2.63. The van der Waals surface area contributed by atoms with E-state index in [4.69, 9.17) is 16.3 Å². The lowest BCUT2D eigenvalue weighted by atomic mass is 10.7. The third-order valence-corrected chi connectivity index (χ3v) is 3.19. The highest BCUT2D eigenvalue weighted by atomic mass is 79.9. The summed E-state index contributed by atoms with van der Waals surface area (Å²) in [5, 5.41) is 1.11. The van der Waals surface area contributed by atoms with Crippen LogP contribution in [0, 0.1) is 0 Å². The Kier molecular flexibility index (Phi) is 5.01. The number of ether oxygens (including phenoxy) is 1. The average molecular weight is 284 g/mol. The third-order valence-electron chi connectivity index (χ3n) is 1.21. The number of methoxy groups -OCH3 is 1. The Hall–Kier alpha value is 0.160. The van der Waals surface area contributed by atoms with E-state index in [2.05, 4.69) is 25.9 Å². The van der Waals surface area contributed by atoms with Crippen LogP contribution in [-0.4, -0.2) is 29.4 Å². The second kappa shape index (κ2) is 5.80. The fourth-order valence-corrected chi connectivity index (χ4v) is 2.16. The molecule has 0 spiro atoms. The maximum Gasteiger partial charge on any atom is 0.223 e. The molecule has 1 aromatic rings. The van der Waals surface area contributed by atoms with E-state index in [0.29, 0.717) is 6.61 Å². The number of halogens is 2. The monoisotopic (exact) mass is 282 g/mol. The molecule has 0 fully saturated rings. The van der Waals surface area contributed by atoms with E-state index in [0.717, 1.165) is 15.3 Å². The largest absolute Gasteiger partial charge is 0.384 e. The molecule has 0 bridgehead atoms. The smallest absolute Gasteiger partial charge is 0.223 e. The van der Waals surface area contributed by atoms with Crippen molar-refractivity contribution in [2.24, 2.45) is 0 Å². The van der Waals surface area contributed by atoms with E-state index in [1.54, 1.807) is 25.1 Å². The van der Waals surface area contributed by atoms with Gasteiger partial charge in [-0.05, 0) is 27.5 Å². The van der Waals surface area contributed by atoms with Crippen molar-refractivity contribution in [2.45, 2.75) is 5.03 Å². The number of hydrogen-bond donors (Lipinski definition) is 0. The average Bonchev–Trinajstić information content (AvgIpc) is 2.11. The van der Waals surface area contributed by atoms with Gasteiger partial charge in [0.15, 0.2) is 0 Å². The van der Waals surface area contributed by atoms with Crippen LogP contribution < -0.4 is 0 Å². The fraction of sp³-hybridized carbons (Fsp3) is 0.429. The molecule has 0 atom stereocenters. The van der Waals surface area contributed by atoms with E-state index in [1.807, 2.05) is 0 Å². The Labute approximate surface area is 94.4 Å². The summed E-state index contributed by atoms with van der Waals surface area (Å²) in [6.07, 6.45) is 1.64. The third kappa shape index (κ3) is 3.81. The molecule has 0 amide bonds. The van der Waals surface area contributed by atoms with Gasteiger partial charge in [0.05, 0.1) is 11.1 Å². The van der Waals surface area contributed by atoms with Gasteiger partial charge in [0.2, 0.25) is 5.28 Å². The number of hydrogen-bond acceptors (Lipinski definition) is 4. The molecule has 0 saturated carbocycles. The van der Waals surface area contributed by atoms with Crippen LogP contribution in [0.25, 0.3) is 0 Å². The lowest BCUT2D eigenvalue weighted by Crippen LogP contribution is -1.93. The van der Waals surface area contributed by atoms with Crippen molar-refractivity contribution in [3.05, 3.63) is 16.0 Å². The number of aromatic nitrogens is 2. The minimum Gasteiger partial charge on any atom is -0.384 e. The Balaban J connectivity index is 2.59. The molecule has 0 radical (unpaired) electrons. The van der Waals surface area contributed by atoms with E-state index >= 15 is 0 Å². The summed E-state index contributed by atoms with van der Waals surface area (Å²) in [6.45, 7) is 0.693. The quantitative estimate of drug-likeness (QED) is 0.368. The summed E-state index contributed by atoms with van der Waals surface area (Å²) in [5.74, 6) is 0.850. The van der Waals surface area contributed by atoms with Gasteiger partial charge in [-0.25, -0.2) is 9.97 Å². The van der Waals surface area contributed by atoms with E-state index in [1.165, 1.54) is 0 Å². The topological polar surface area (TPSA) is 35.0 Å². The van der Waals surface area contributed by atoms with Crippen LogP contribution in [0.3, 0.4) is 0 Å². The lowest BCUT2D eigenvalue weighted by molar-refractivity contribution is 0.218. The van der Waals surface area contributed by atoms with Crippen molar-refractivity contribution in [2.75, 3.05) is 19.5 Å². The van der Waals surface area contributed by atoms with Crippen LogP contribution in [0.2, 0.25) is 5.28 Å². The summed E-state index contributed by atoms with van der Waals surface area (Å²) in [6, 6.07) is 0. The van der Waals surface area contributed by atoms with Gasteiger partial charge in [-0.15, -0.1) is 11.8 Å². The van der Waals surface area contributed by atoms with Crippen molar-refractivity contribution in [3.8, 4) is 0 Å². The highest BCUT2D eigenvalue weighted by Crippen LogP contribution is 2.25. The molecular weight excluding hydrogens is 276 g/mol. The van der Waals surface area contributed by atoms with Gasteiger partial charge in [0.1, 0.15) is 5.03 Å².